The van der Waals surface area contributed by atoms with Crippen LogP contribution in [0.1, 0.15) is 11.3 Å². The van der Waals surface area contributed by atoms with Crippen LogP contribution in [-0.4, -0.2) is 34.6 Å². The monoisotopic (exact) mass is 311 g/mol. The van der Waals surface area contributed by atoms with Crippen molar-refractivity contribution in [2.45, 2.75) is 6.92 Å². The van der Waals surface area contributed by atoms with E-state index in [1.165, 1.54) is 11.8 Å². The Balaban J connectivity index is 1.95. The first-order chi connectivity index (χ1) is 10.6. The Hall–Kier alpha value is -2.27. The molecular weight excluding hydrogens is 294 g/mol. The highest BCUT2D eigenvalue weighted by Crippen LogP contribution is 2.31. The van der Waals surface area contributed by atoms with Crippen molar-refractivity contribution in [1.82, 2.24) is 9.47 Å². The zero-order chi connectivity index (χ0) is 15.7. The lowest BCUT2D eigenvalue weighted by molar-refractivity contribution is -0.121. The van der Waals surface area contributed by atoms with Gasteiger partial charge in [-0.1, -0.05) is 18.2 Å². The minimum absolute atomic E-state index is 0.00397. The van der Waals surface area contributed by atoms with Gasteiger partial charge in [-0.3, -0.25) is 14.7 Å². The SMILES string of the molecule is CN=C1S/C(=C/c2cc(C)n(-c3ccccc3)c2)C(=O)N1C. The van der Waals surface area contributed by atoms with Gasteiger partial charge < -0.3 is 4.57 Å². The number of likely N-dealkylation sites (N-methyl/N-ethyl adjacent to an activating group) is 1. The van der Waals surface area contributed by atoms with Crippen LogP contribution in [0.5, 0.6) is 0 Å². The van der Waals surface area contributed by atoms with E-state index < -0.39 is 0 Å². The third kappa shape index (κ3) is 2.60. The zero-order valence-electron chi connectivity index (χ0n) is 12.8. The number of para-hydroxylation sites is 1. The smallest absolute Gasteiger partial charge is 0.266 e. The Kier molecular flexibility index (Phi) is 3.90. The fourth-order valence-corrected chi connectivity index (χ4v) is 3.37. The predicted octanol–water partition coefficient (Wildman–Crippen LogP) is 3.32. The summed E-state index contributed by atoms with van der Waals surface area (Å²) in [7, 11) is 3.45. The van der Waals surface area contributed by atoms with E-state index in [9.17, 15) is 4.79 Å². The fourth-order valence-electron chi connectivity index (χ4n) is 2.45. The Morgan fingerprint density at radius 3 is 2.59 bits per heavy atom. The molecule has 0 radical (unpaired) electrons. The molecule has 5 heteroatoms. The summed E-state index contributed by atoms with van der Waals surface area (Å²) in [4.78, 5) is 18.6. The van der Waals surface area contributed by atoms with Crippen molar-refractivity contribution in [2.75, 3.05) is 14.1 Å². The lowest BCUT2D eigenvalue weighted by Crippen LogP contribution is -2.23. The van der Waals surface area contributed by atoms with E-state index in [4.69, 9.17) is 0 Å². The number of rotatable bonds is 2. The van der Waals surface area contributed by atoms with E-state index in [1.807, 2.05) is 30.5 Å². The number of nitrogens with zero attached hydrogens (tertiary/aromatic N) is 3. The summed E-state index contributed by atoms with van der Waals surface area (Å²) >= 11 is 1.41. The van der Waals surface area contributed by atoms with E-state index >= 15 is 0 Å². The van der Waals surface area contributed by atoms with E-state index in [0.29, 0.717) is 4.91 Å². The molecule has 2 aromatic rings. The number of aliphatic imine (C=N–C) groups is 1. The number of amidine groups is 1. The molecule has 4 nitrogen and oxygen atoms in total. The van der Waals surface area contributed by atoms with Crippen molar-refractivity contribution in [2.24, 2.45) is 4.99 Å². The molecule has 0 spiro atoms. The second-order valence-corrected chi connectivity index (χ2v) is 6.11. The molecule has 0 aliphatic carbocycles. The van der Waals surface area contributed by atoms with E-state index in [1.54, 1.807) is 19.0 Å². The standard InChI is InChI=1S/C17H17N3OS/c1-12-9-13(11-20(12)14-7-5-4-6-8-14)10-15-16(21)19(3)17(18-2)22-15/h4-11H,1-3H3/b15-10+,18-17?. The molecule has 1 aromatic carbocycles. The number of carbonyl (C=O) groups is 1. The van der Waals surface area contributed by atoms with Gasteiger partial charge >= 0.3 is 0 Å². The van der Waals surface area contributed by atoms with Crippen LogP contribution in [0, 0.1) is 6.92 Å². The van der Waals surface area contributed by atoms with E-state index in [0.717, 1.165) is 22.1 Å². The van der Waals surface area contributed by atoms with Crippen LogP contribution >= 0.6 is 11.8 Å². The van der Waals surface area contributed by atoms with Crippen LogP contribution in [0.3, 0.4) is 0 Å². The van der Waals surface area contributed by atoms with Crippen molar-refractivity contribution in [3.63, 3.8) is 0 Å². The fraction of sp³-hybridized carbons (Fsp3) is 0.176. The van der Waals surface area contributed by atoms with Gasteiger partial charge in [-0.15, -0.1) is 0 Å². The molecule has 0 atom stereocenters. The predicted molar refractivity (Wildman–Crippen MR) is 92.2 cm³/mol. The highest BCUT2D eigenvalue weighted by molar-refractivity contribution is 8.18. The highest BCUT2D eigenvalue weighted by Gasteiger charge is 2.29. The normalized spacial score (nSPS) is 18.7. The molecule has 2 heterocycles. The summed E-state index contributed by atoms with van der Waals surface area (Å²) in [6, 6.07) is 12.2. The minimum atomic E-state index is -0.00397. The van der Waals surface area contributed by atoms with Gasteiger partial charge in [0.1, 0.15) is 0 Å². The van der Waals surface area contributed by atoms with Gasteiger partial charge in [-0.25, -0.2) is 0 Å². The second kappa shape index (κ2) is 5.85. The quantitative estimate of drug-likeness (QED) is 0.798. The Labute approximate surface area is 134 Å². The van der Waals surface area contributed by atoms with Crippen molar-refractivity contribution in [1.29, 1.82) is 0 Å². The third-order valence-electron chi connectivity index (χ3n) is 3.56. The second-order valence-electron chi connectivity index (χ2n) is 5.10. The average molecular weight is 311 g/mol. The number of benzene rings is 1. The number of carbonyl (C=O) groups excluding carboxylic acids is 1. The van der Waals surface area contributed by atoms with Crippen LogP contribution in [-0.2, 0) is 4.79 Å². The summed E-state index contributed by atoms with van der Waals surface area (Å²) in [6.45, 7) is 2.06. The maximum absolute atomic E-state index is 12.2. The summed E-state index contributed by atoms with van der Waals surface area (Å²) in [5, 5.41) is 0.732. The van der Waals surface area contributed by atoms with Gasteiger partial charge in [0.15, 0.2) is 5.17 Å². The average Bonchev–Trinajstić information content (AvgIpc) is 3.03. The van der Waals surface area contributed by atoms with Crippen molar-refractivity contribution in [3.05, 3.63) is 58.8 Å². The van der Waals surface area contributed by atoms with Gasteiger partial charge in [0.25, 0.3) is 5.91 Å². The largest absolute Gasteiger partial charge is 0.321 e. The number of hydrogen-bond donors (Lipinski definition) is 0. The molecule has 0 saturated carbocycles. The molecule has 1 aromatic heterocycles. The number of aryl methyl sites for hydroxylation is 1. The first kappa shape index (κ1) is 14.7. The first-order valence-corrected chi connectivity index (χ1v) is 7.80. The van der Waals surface area contributed by atoms with Crippen molar-refractivity contribution < 1.29 is 4.79 Å². The van der Waals surface area contributed by atoms with Crippen LogP contribution in [0.2, 0.25) is 0 Å². The van der Waals surface area contributed by atoms with Gasteiger partial charge in [-0.05, 0) is 48.5 Å². The molecule has 0 N–H and O–H groups in total. The van der Waals surface area contributed by atoms with Crippen LogP contribution in [0.15, 0.2) is 52.5 Å². The maximum atomic E-state index is 12.2. The minimum Gasteiger partial charge on any atom is -0.321 e. The number of hydrogen-bond acceptors (Lipinski definition) is 3. The van der Waals surface area contributed by atoms with Crippen LogP contribution in [0.4, 0.5) is 0 Å². The molecule has 22 heavy (non-hydrogen) atoms. The summed E-state index contributed by atoms with van der Waals surface area (Å²) in [6.07, 6.45) is 3.97. The van der Waals surface area contributed by atoms with Gasteiger partial charge in [0.2, 0.25) is 0 Å². The van der Waals surface area contributed by atoms with E-state index in [2.05, 4.69) is 34.7 Å². The molecule has 0 unspecified atom stereocenters. The Morgan fingerprint density at radius 1 is 1.23 bits per heavy atom. The van der Waals surface area contributed by atoms with E-state index in [-0.39, 0.29) is 5.91 Å². The molecule has 1 aliphatic rings. The number of amides is 1. The lowest BCUT2D eigenvalue weighted by atomic mass is 10.3. The first-order valence-electron chi connectivity index (χ1n) is 6.99. The molecule has 1 saturated heterocycles. The summed E-state index contributed by atoms with van der Waals surface area (Å²) < 4.78 is 2.12. The maximum Gasteiger partial charge on any atom is 0.266 e. The van der Waals surface area contributed by atoms with Crippen LogP contribution in [0.25, 0.3) is 11.8 Å². The Morgan fingerprint density at radius 2 is 1.95 bits per heavy atom. The Bertz CT molecular complexity index is 774. The van der Waals surface area contributed by atoms with Crippen molar-refractivity contribution in [3.8, 4) is 5.69 Å². The zero-order valence-corrected chi connectivity index (χ0v) is 13.6. The van der Waals surface area contributed by atoms with Gasteiger partial charge in [0.05, 0.1) is 4.91 Å². The van der Waals surface area contributed by atoms with Crippen molar-refractivity contribution >= 4 is 28.9 Å². The van der Waals surface area contributed by atoms with Crippen LogP contribution < -0.4 is 0 Å². The number of aromatic nitrogens is 1. The van der Waals surface area contributed by atoms with Gasteiger partial charge in [-0.2, -0.15) is 0 Å². The molecular formula is C17H17N3OS. The highest BCUT2D eigenvalue weighted by atomic mass is 32.2. The molecule has 1 aliphatic heterocycles. The van der Waals surface area contributed by atoms with Gasteiger partial charge in [0, 0.05) is 31.7 Å². The number of thioether (sulfide) groups is 1. The molecule has 1 fully saturated rings. The molecule has 112 valence electrons. The third-order valence-corrected chi connectivity index (χ3v) is 4.71. The topological polar surface area (TPSA) is 37.6 Å². The lowest BCUT2D eigenvalue weighted by Gasteiger charge is -2.05. The molecule has 0 bridgehead atoms. The summed E-state index contributed by atoms with van der Waals surface area (Å²) in [5.74, 6) is -0.00397. The summed E-state index contributed by atoms with van der Waals surface area (Å²) in [5.41, 5.74) is 3.26. The molecule has 3 rings (SSSR count). The molecule has 1 amide bonds.